The summed E-state index contributed by atoms with van der Waals surface area (Å²) in [5.41, 5.74) is 3.07. The van der Waals surface area contributed by atoms with Gasteiger partial charge in [0.1, 0.15) is 5.71 Å². The van der Waals surface area contributed by atoms with Crippen LogP contribution in [-0.2, 0) is 9.63 Å². The molecule has 0 amide bonds. The second kappa shape index (κ2) is 14.0. The number of oxime groups is 1. The van der Waals surface area contributed by atoms with Crippen LogP contribution in [0.3, 0.4) is 0 Å². The Balaban J connectivity index is 1.76. The standard InChI is InChI=1S/C30H35N3O3/c1-3-4-5-6-7-8-9-10-11-15-28(32-36-23(2)34)30(35)27-22-33(29-16-13-12-14-26(27)29)25-19-17-24(21-31)18-20-25/h12-14,16-20,22H,3-11,15H2,1-2H3/b32-28+. The quantitative estimate of drug-likeness (QED) is 0.0777. The minimum Gasteiger partial charge on any atom is -0.318 e. The average molecular weight is 486 g/mol. The predicted molar refractivity (Wildman–Crippen MR) is 143 cm³/mol. The summed E-state index contributed by atoms with van der Waals surface area (Å²) in [6.07, 6.45) is 12.8. The van der Waals surface area contributed by atoms with Crippen LogP contribution in [-0.4, -0.2) is 22.0 Å². The lowest BCUT2D eigenvalue weighted by Crippen LogP contribution is -2.15. The Morgan fingerprint density at radius 3 is 2.19 bits per heavy atom. The zero-order valence-electron chi connectivity index (χ0n) is 21.3. The number of carbonyl (C=O) groups excluding carboxylic acids is 2. The van der Waals surface area contributed by atoms with E-state index in [9.17, 15) is 9.59 Å². The van der Waals surface area contributed by atoms with Gasteiger partial charge in [0.15, 0.2) is 0 Å². The molecule has 0 aliphatic heterocycles. The first-order chi connectivity index (χ1) is 17.5. The van der Waals surface area contributed by atoms with Crippen LogP contribution in [0.4, 0.5) is 0 Å². The Morgan fingerprint density at radius 2 is 1.56 bits per heavy atom. The van der Waals surface area contributed by atoms with Crippen LogP contribution in [0.1, 0.15) is 94.0 Å². The van der Waals surface area contributed by atoms with E-state index < -0.39 is 5.97 Å². The molecule has 0 N–H and O–H groups in total. The van der Waals surface area contributed by atoms with Crippen molar-refractivity contribution in [3.63, 3.8) is 0 Å². The molecule has 6 heteroatoms. The molecular weight excluding hydrogens is 450 g/mol. The molecule has 188 valence electrons. The van der Waals surface area contributed by atoms with Crippen LogP contribution in [0.15, 0.2) is 59.9 Å². The highest BCUT2D eigenvalue weighted by Crippen LogP contribution is 2.26. The maximum atomic E-state index is 13.6. The summed E-state index contributed by atoms with van der Waals surface area (Å²) in [5.74, 6) is -0.785. The van der Waals surface area contributed by atoms with Gasteiger partial charge in [-0.15, -0.1) is 0 Å². The van der Waals surface area contributed by atoms with Crippen molar-refractivity contribution in [2.24, 2.45) is 5.16 Å². The summed E-state index contributed by atoms with van der Waals surface area (Å²) >= 11 is 0. The minimum atomic E-state index is -0.549. The van der Waals surface area contributed by atoms with Crippen molar-refractivity contribution < 1.29 is 14.4 Å². The zero-order valence-corrected chi connectivity index (χ0v) is 21.3. The average Bonchev–Trinajstić information content (AvgIpc) is 3.28. The molecule has 36 heavy (non-hydrogen) atoms. The third-order valence-electron chi connectivity index (χ3n) is 6.29. The number of hydrogen-bond acceptors (Lipinski definition) is 5. The van der Waals surface area contributed by atoms with Gasteiger partial charge in [-0.1, -0.05) is 81.6 Å². The number of carbonyl (C=O) groups is 2. The lowest BCUT2D eigenvalue weighted by molar-refractivity contribution is -0.140. The van der Waals surface area contributed by atoms with Crippen LogP contribution in [0.5, 0.6) is 0 Å². The number of fused-ring (bicyclic) bond motifs is 1. The number of benzene rings is 2. The lowest BCUT2D eigenvalue weighted by atomic mass is 10.0. The van der Waals surface area contributed by atoms with Gasteiger partial charge in [-0.3, -0.25) is 4.79 Å². The van der Waals surface area contributed by atoms with Crippen LogP contribution in [0.2, 0.25) is 0 Å². The third kappa shape index (κ3) is 7.39. The molecule has 0 atom stereocenters. The Bertz CT molecular complexity index is 1230. The van der Waals surface area contributed by atoms with E-state index >= 15 is 0 Å². The van der Waals surface area contributed by atoms with Gasteiger partial charge in [0.2, 0.25) is 5.78 Å². The molecule has 2 aromatic carbocycles. The third-order valence-corrected chi connectivity index (χ3v) is 6.29. The van der Waals surface area contributed by atoms with E-state index in [4.69, 9.17) is 10.1 Å². The van der Waals surface area contributed by atoms with E-state index in [1.807, 2.05) is 41.0 Å². The van der Waals surface area contributed by atoms with Gasteiger partial charge >= 0.3 is 5.97 Å². The second-order valence-electron chi connectivity index (χ2n) is 9.12. The molecule has 0 spiro atoms. The number of nitriles is 1. The smallest absolute Gasteiger partial charge is 0.318 e. The van der Waals surface area contributed by atoms with Crippen molar-refractivity contribution in [3.8, 4) is 11.8 Å². The normalized spacial score (nSPS) is 11.4. The van der Waals surface area contributed by atoms with E-state index in [0.717, 1.165) is 35.9 Å². The van der Waals surface area contributed by atoms with E-state index in [-0.39, 0.29) is 11.5 Å². The molecule has 0 aliphatic rings. The molecule has 0 saturated carbocycles. The number of unbranched alkanes of at least 4 members (excludes halogenated alkanes) is 8. The van der Waals surface area contributed by atoms with Crippen LogP contribution >= 0.6 is 0 Å². The predicted octanol–water partition coefficient (Wildman–Crippen LogP) is 7.52. The number of nitrogens with zero attached hydrogens (tertiary/aromatic N) is 3. The molecule has 1 heterocycles. The second-order valence-corrected chi connectivity index (χ2v) is 9.12. The summed E-state index contributed by atoms with van der Waals surface area (Å²) < 4.78 is 1.94. The molecule has 6 nitrogen and oxygen atoms in total. The van der Waals surface area contributed by atoms with Crippen molar-refractivity contribution >= 4 is 28.4 Å². The fourth-order valence-electron chi connectivity index (χ4n) is 4.35. The maximum absolute atomic E-state index is 13.6. The van der Waals surface area contributed by atoms with Crippen molar-refractivity contribution in [1.82, 2.24) is 4.57 Å². The van der Waals surface area contributed by atoms with E-state index in [2.05, 4.69) is 18.1 Å². The van der Waals surface area contributed by atoms with Gasteiger partial charge in [-0.05, 0) is 43.2 Å². The summed E-state index contributed by atoms with van der Waals surface area (Å²) in [5, 5.41) is 13.9. The number of rotatable bonds is 14. The van der Waals surface area contributed by atoms with Crippen molar-refractivity contribution in [1.29, 1.82) is 5.26 Å². The summed E-state index contributed by atoms with van der Waals surface area (Å²) in [6, 6.07) is 17.0. The Kier molecular flexibility index (Phi) is 10.4. The summed E-state index contributed by atoms with van der Waals surface area (Å²) in [6.45, 7) is 3.50. The highest BCUT2D eigenvalue weighted by molar-refractivity contribution is 6.47. The molecule has 0 saturated heterocycles. The van der Waals surface area contributed by atoms with Gasteiger partial charge in [0.05, 0.1) is 17.1 Å². The number of aromatic nitrogens is 1. The Morgan fingerprint density at radius 1 is 0.917 bits per heavy atom. The van der Waals surface area contributed by atoms with E-state index in [1.54, 1.807) is 18.3 Å². The zero-order chi connectivity index (χ0) is 25.8. The van der Waals surface area contributed by atoms with E-state index in [0.29, 0.717) is 17.5 Å². The summed E-state index contributed by atoms with van der Waals surface area (Å²) in [7, 11) is 0. The largest absolute Gasteiger partial charge is 0.331 e. The highest BCUT2D eigenvalue weighted by atomic mass is 16.7. The first-order valence-corrected chi connectivity index (χ1v) is 12.9. The molecule has 1 aromatic heterocycles. The van der Waals surface area contributed by atoms with Gasteiger partial charge in [-0.25, -0.2) is 4.79 Å². The number of para-hydroxylation sites is 1. The molecule has 0 bridgehead atoms. The fraction of sp³-hybridized carbons (Fsp3) is 0.400. The Labute approximate surface area is 213 Å². The fourth-order valence-corrected chi connectivity index (χ4v) is 4.35. The van der Waals surface area contributed by atoms with Crippen LogP contribution in [0, 0.1) is 11.3 Å². The first kappa shape index (κ1) is 26.9. The van der Waals surface area contributed by atoms with Crippen LogP contribution < -0.4 is 0 Å². The maximum Gasteiger partial charge on any atom is 0.331 e. The Hall–Kier alpha value is -3.72. The van der Waals surface area contributed by atoms with E-state index in [1.165, 1.54) is 45.4 Å². The summed E-state index contributed by atoms with van der Waals surface area (Å²) in [4.78, 5) is 29.9. The number of ketones is 1. The topological polar surface area (TPSA) is 84.4 Å². The molecule has 0 unspecified atom stereocenters. The number of hydrogen-bond donors (Lipinski definition) is 0. The molecule has 0 aliphatic carbocycles. The molecule has 3 aromatic rings. The molecule has 3 rings (SSSR count). The van der Waals surface area contributed by atoms with Gasteiger partial charge in [0, 0.05) is 29.8 Å². The SMILES string of the molecule is CCCCCCCCCCC/C(=N\OC(C)=O)C(=O)c1cn(-c2ccc(C#N)cc2)c2ccccc12. The monoisotopic (exact) mass is 485 g/mol. The van der Waals surface area contributed by atoms with Gasteiger partial charge < -0.3 is 9.40 Å². The van der Waals surface area contributed by atoms with Crippen molar-refractivity contribution in [2.75, 3.05) is 0 Å². The molecule has 0 radical (unpaired) electrons. The first-order valence-electron chi connectivity index (χ1n) is 12.9. The van der Waals surface area contributed by atoms with Crippen LogP contribution in [0.25, 0.3) is 16.6 Å². The highest BCUT2D eigenvalue weighted by Gasteiger charge is 2.21. The van der Waals surface area contributed by atoms with Gasteiger partial charge in [0.25, 0.3) is 0 Å². The van der Waals surface area contributed by atoms with Crippen molar-refractivity contribution in [3.05, 3.63) is 65.9 Å². The molecule has 0 fully saturated rings. The minimum absolute atomic E-state index is 0.237. The lowest BCUT2D eigenvalue weighted by Gasteiger charge is -2.06. The number of Topliss-reactive ketones (excluding diaryl/α,β-unsaturated/α-hetero) is 1. The van der Waals surface area contributed by atoms with Crippen molar-refractivity contribution in [2.45, 2.75) is 78.1 Å². The van der Waals surface area contributed by atoms with Gasteiger partial charge in [-0.2, -0.15) is 5.26 Å². The molecular formula is C30H35N3O3.